The highest BCUT2D eigenvalue weighted by Crippen LogP contribution is 2.13. The van der Waals surface area contributed by atoms with Crippen molar-refractivity contribution in [3.8, 4) is 5.75 Å². The largest absolute Gasteiger partial charge is 0.431 e. The molecule has 0 aliphatic heterocycles. The smallest absolute Gasteiger partial charge is 0.424 e. The minimum atomic E-state index is -0.678. The van der Waals surface area contributed by atoms with Gasteiger partial charge in [-0.25, -0.2) is 9.79 Å². The van der Waals surface area contributed by atoms with Gasteiger partial charge in [-0.2, -0.15) is 5.48 Å². The lowest BCUT2D eigenvalue weighted by Crippen LogP contribution is -2.34. The molecule has 2 N–H and O–H groups in total. The fourth-order valence-electron chi connectivity index (χ4n) is 1.14. The molecule has 7 nitrogen and oxygen atoms in total. The molecule has 0 heterocycles. The molecule has 7 heteroatoms. The number of amidine groups is 1. The molecule has 1 aromatic rings. The quantitative estimate of drug-likeness (QED) is 0.362. The first kappa shape index (κ1) is 14.5. The first-order valence-corrected chi connectivity index (χ1v) is 5.47. The van der Waals surface area contributed by atoms with Gasteiger partial charge in [-0.05, 0) is 19.1 Å². The Bertz CT molecular complexity index is 500. The van der Waals surface area contributed by atoms with Crippen molar-refractivity contribution in [2.24, 2.45) is 4.99 Å². The summed E-state index contributed by atoms with van der Waals surface area (Å²) >= 11 is 0. The Balaban J connectivity index is 2.68. The molecule has 0 aliphatic rings. The third-order valence-electron chi connectivity index (χ3n) is 2.09. The second-order valence-corrected chi connectivity index (χ2v) is 3.46. The van der Waals surface area contributed by atoms with Crippen LogP contribution in [-0.4, -0.2) is 32.0 Å². The summed E-state index contributed by atoms with van der Waals surface area (Å²) in [6.07, 6.45) is -0.678. The molecule has 0 saturated heterocycles. The SMILES string of the molecule is CN=C(NOC(=O)NC)Oc1cccc(C(C)=O)c1. The highest BCUT2D eigenvalue weighted by molar-refractivity contribution is 5.94. The van der Waals surface area contributed by atoms with Crippen molar-refractivity contribution < 1.29 is 19.2 Å². The van der Waals surface area contributed by atoms with E-state index in [0.717, 1.165) is 0 Å². The summed E-state index contributed by atoms with van der Waals surface area (Å²) in [6, 6.07) is 6.56. The zero-order valence-corrected chi connectivity index (χ0v) is 10.9. The van der Waals surface area contributed by atoms with E-state index >= 15 is 0 Å². The number of carbonyl (C=O) groups excluding carboxylic acids is 2. The van der Waals surface area contributed by atoms with Gasteiger partial charge in [-0.1, -0.05) is 12.1 Å². The molecule has 0 unspecified atom stereocenters. The molecule has 0 aromatic heterocycles. The maximum Gasteiger partial charge on any atom is 0.431 e. The summed E-state index contributed by atoms with van der Waals surface area (Å²) in [5.41, 5.74) is 2.76. The topological polar surface area (TPSA) is 89.0 Å². The molecular weight excluding hydrogens is 250 g/mol. The van der Waals surface area contributed by atoms with Crippen LogP contribution in [0.1, 0.15) is 17.3 Å². The minimum absolute atomic E-state index is 0.00991. The molecule has 0 fully saturated rings. The maximum absolute atomic E-state index is 11.2. The van der Waals surface area contributed by atoms with Gasteiger partial charge >= 0.3 is 12.1 Å². The summed E-state index contributed by atoms with van der Waals surface area (Å²) in [4.78, 5) is 30.4. The number of ether oxygens (including phenoxy) is 1. The number of carbonyl (C=O) groups is 2. The molecule has 0 spiro atoms. The molecule has 102 valence electrons. The molecule has 0 radical (unpaired) electrons. The Morgan fingerprint density at radius 3 is 2.63 bits per heavy atom. The van der Waals surface area contributed by atoms with E-state index in [1.54, 1.807) is 24.3 Å². The van der Waals surface area contributed by atoms with Crippen molar-refractivity contribution in [2.75, 3.05) is 14.1 Å². The van der Waals surface area contributed by atoms with E-state index in [2.05, 4.69) is 20.6 Å². The van der Waals surface area contributed by atoms with Crippen molar-refractivity contribution >= 4 is 17.9 Å². The molecule has 1 rings (SSSR count). The van der Waals surface area contributed by atoms with E-state index in [0.29, 0.717) is 11.3 Å². The summed E-state index contributed by atoms with van der Waals surface area (Å²) in [5.74, 6) is 0.330. The number of hydrogen-bond donors (Lipinski definition) is 2. The third kappa shape index (κ3) is 4.66. The van der Waals surface area contributed by atoms with Crippen LogP contribution < -0.4 is 15.5 Å². The highest BCUT2D eigenvalue weighted by atomic mass is 16.7. The van der Waals surface area contributed by atoms with Crippen molar-refractivity contribution in [2.45, 2.75) is 6.92 Å². The predicted octanol–water partition coefficient (Wildman–Crippen LogP) is 1.11. The molecule has 1 aromatic carbocycles. The highest BCUT2D eigenvalue weighted by Gasteiger charge is 2.07. The van der Waals surface area contributed by atoms with Gasteiger partial charge in [0.05, 0.1) is 0 Å². The zero-order chi connectivity index (χ0) is 14.3. The van der Waals surface area contributed by atoms with E-state index in [1.165, 1.54) is 21.0 Å². The second kappa shape index (κ2) is 7.00. The van der Waals surface area contributed by atoms with Crippen LogP contribution in [0.2, 0.25) is 0 Å². The van der Waals surface area contributed by atoms with Crippen LogP contribution in [0, 0.1) is 0 Å². The summed E-state index contributed by atoms with van der Waals surface area (Å²) in [7, 11) is 2.88. The van der Waals surface area contributed by atoms with Crippen LogP contribution in [0.15, 0.2) is 29.3 Å². The van der Waals surface area contributed by atoms with E-state index in [9.17, 15) is 9.59 Å². The van der Waals surface area contributed by atoms with E-state index in [-0.39, 0.29) is 11.8 Å². The van der Waals surface area contributed by atoms with Gasteiger partial charge in [0.25, 0.3) is 0 Å². The van der Waals surface area contributed by atoms with Crippen LogP contribution in [0.25, 0.3) is 0 Å². The van der Waals surface area contributed by atoms with Gasteiger partial charge in [0.15, 0.2) is 5.78 Å². The molecular formula is C12H15N3O4. The lowest BCUT2D eigenvalue weighted by atomic mass is 10.1. The standard InChI is InChI=1S/C12H15N3O4/c1-8(16)9-5-4-6-10(7-9)18-11(13-2)15-19-12(17)14-3/h4-7H,1-3H3,(H,13,15)(H,14,17). The Kier molecular flexibility index (Phi) is 5.34. The summed E-state index contributed by atoms with van der Waals surface area (Å²) in [6.45, 7) is 1.46. The van der Waals surface area contributed by atoms with E-state index < -0.39 is 6.09 Å². The van der Waals surface area contributed by atoms with Crippen LogP contribution >= 0.6 is 0 Å². The molecule has 0 saturated carbocycles. The monoisotopic (exact) mass is 265 g/mol. The number of hydroxylamine groups is 1. The molecule has 0 bridgehead atoms. The van der Waals surface area contributed by atoms with Crippen molar-refractivity contribution in [1.82, 2.24) is 10.8 Å². The minimum Gasteiger partial charge on any atom is -0.424 e. The average molecular weight is 265 g/mol. The van der Waals surface area contributed by atoms with Gasteiger partial charge < -0.3 is 14.9 Å². The maximum atomic E-state index is 11.2. The van der Waals surface area contributed by atoms with Crippen molar-refractivity contribution in [3.05, 3.63) is 29.8 Å². The predicted molar refractivity (Wildman–Crippen MR) is 69.1 cm³/mol. The number of hydrogen-bond acceptors (Lipinski definition) is 5. The van der Waals surface area contributed by atoms with Crippen molar-refractivity contribution in [1.29, 1.82) is 0 Å². The number of benzene rings is 1. The second-order valence-electron chi connectivity index (χ2n) is 3.46. The number of ketones is 1. The van der Waals surface area contributed by atoms with Gasteiger partial charge in [-0.3, -0.25) is 4.79 Å². The average Bonchev–Trinajstić information content (AvgIpc) is 2.43. The lowest BCUT2D eigenvalue weighted by Gasteiger charge is -2.10. The fourth-order valence-corrected chi connectivity index (χ4v) is 1.14. The number of nitrogens with one attached hydrogen (secondary N) is 2. The number of nitrogens with zero attached hydrogens (tertiary/aromatic N) is 1. The van der Waals surface area contributed by atoms with Crippen molar-refractivity contribution in [3.63, 3.8) is 0 Å². The number of amides is 1. The molecule has 0 atom stereocenters. The van der Waals surface area contributed by atoms with Crippen LogP contribution in [0.3, 0.4) is 0 Å². The number of aliphatic imine (C=N–C) groups is 1. The Hall–Kier alpha value is -2.57. The van der Waals surface area contributed by atoms with E-state index in [4.69, 9.17) is 4.74 Å². The summed E-state index contributed by atoms with van der Waals surface area (Å²) < 4.78 is 5.33. The third-order valence-corrected chi connectivity index (χ3v) is 2.09. The molecule has 0 aliphatic carbocycles. The normalized spacial score (nSPS) is 10.6. The fraction of sp³-hybridized carbons (Fsp3) is 0.250. The first-order valence-electron chi connectivity index (χ1n) is 5.47. The Morgan fingerprint density at radius 2 is 2.05 bits per heavy atom. The van der Waals surface area contributed by atoms with E-state index in [1.807, 2.05) is 0 Å². The van der Waals surface area contributed by atoms with Gasteiger partial charge in [0.2, 0.25) is 0 Å². The van der Waals surface area contributed by atoms with Crippen LogP contribution in [0.5, 0.6) is 5.75 Å². The Morgan fingerprint density at radius 1 is 1.32 bits per heavy atom. The first-order chi connectivity index (χ1) is 9.06. The Labute approximate surface area is 110 Å². The lowest BCUT2D eigenvalue weighted by molar-refractivity contribution is 0.101. The number of Topliss-reactive ketones (excluding diaryl/α,β-unsaturated/α-hetero) is 1. The number of rotatable bonds is 2. The molecule has 1 amide bonds. The van der Waals surface area contributed by atoms with Gasteiger partial charge in [-0.15, -0.1) is 0 Å². The molecule has 19 heavy (non-hydrogen) atoms. The zero-order valence-electron chi connectivity index (χ0n) is 10.9. The van der Waals surface area contributed by atoms with Gasteiger partial charge in [0.1, 0.15) is 5.75 Å². The van der Waals surface area contributed by atoms with Crippen LogP contribution in [0.4, 0.5) is 4.79 Å². The summed E-state index contributed by atoms with van der Waals surface area (Å²) in [5, 5.41) is 2.25. The van der Waals surface area contributed by atoms with Crippen LogP contribution in [-0.2, 0) is 4.84 Å². The van der Waals surface area contributed by atoms with Gasteiger partial charge in [0, 0.05) is 19.7 Å².